The first-order chi connectivity index (χ1) is 9.76. The third-order valence-corrected chi connectivity index (χ3v) is 5.30. The first-order valence-electron chi connectivity index (χ1n) is 6.35. The maximum absolute atomic E-state index is 12.2. The molecule has 21 heavy (non-hydrogen) atoms. The van der Waals surface area contributed by atoms with E-state index in [1.54, 1.807) is 0 Å². The highest BCUT2D eigenvalue weighted by atomic mass is 32.2. The van der Waals surface area contributed by atoms with E-state index >= 15 is 0 Å². The molecule has 0 spiro atoms. The molecule has 1 saturated heterocycles. The van der Waals surface area contributed by atoms with Crippen LogP contribution in [-0.2, 0) is 10.0 Å². The second kappa shape index (κ2) is 6.55. The first kappa shape index (κ1) is 16.6. The van der Waals surface area contributed by atoms with Crippen LogP contribution in [0.1, 0.15) is 12.8 Å². The number of rotatable bonds is 4. The largest absolute Gasteiger partial charge is 0.446 e. The van der Waals surface area contributed by atoms with Gasteiger partial charge >= 0.3 is 5.51 Å². The molecule has 2 N–H and O–H groups in total. The number of hydrogen-bond acceptors (Lipinski definition) is 4. The summed E-state index contributed by atoms with van der Waals surface area (Å²) in [6.07, 6.45) is 1.39. The molecule has 1 aliphatic heterocycles. The van der Waals surface area contributed by atoms with Gasteiger partial charge < -0.3 is 5.32 Å². The zero-order chi connectivity index (χ0) is 15.5. The Hall–Kier alpha value is -0.770. The summed E-state index contributed by atoms with van der Waals surface area (Å²) in [6, 6.07) is 4.57. The molecule has 0 aromatic heterocycles. The molecule has 0 amide bonds. The van der Waals surface area contributed by atoms with E-state index in [0.717, 1.165) is 25.2 Å². The van der Waals surface area contributed by atoms with Crippen molar-refractivity contribution in [1.29, 1.82) is 0 Å². The average molecular weight is 340 g/mol. The lowest BCUT2D eigenvalue weighted by atomic mass is 10.1. The highest BCUT2D eigenvalue weighted by molar-refractivity contribution is 8.00. The predicted molar refractivity (Wildman–Crippen MR) is 74.6 cm³/mol. The summed E-state index contributed by atoms with van der Waals surface area (Å²) in [5.41, 5.74) is -4.38. The summed E-state index contributed by atoms with van der Waals surface area (Å²) in [4.78, 5) is -0.0594. The number of thioether (sulfide) groups is 1. The normalized spacial score (nSPS) is 17.9. The monoisotopic (exact) mass is 340 g/mol. The summed E-state index contributed by atoms with van der Waals surface area (Å²) < 4.78 is 63.5. The number of piperidine rings is 1. The van der Waals surface area contributed by atoms with Crippen molar-refractivity contribution in [3.8, 4) is 0 Å². The van der Waals surface area contributed by atoms with E-state index in [1.807, 2.05) is 0 Å². The zero-order valence-electron chi connectivity index (χ0n) is 11.0. The molecule has 1 heterocycles. The molecule has 1 fully saturated rings. The van der Waals surface area contributed by atoms with E-state index in [1.165, 1.54) is 12.1 Å². The fraction of sp³-hybridized carbons (Fsp3) is 0.500. The van der Waals surface area contributed by atoms with Gasteiger partial charge in [-0.15, -0.1) is 0 Å². The number of sulfonamides is 1. The molecule has 0 aliphatic carbocycles. The third-order valence-electron chi connectivity index (χ3n) is 3.03. The summed E-state index contributed by atoms with van der Waals surface area (Å²) in [5.74, 6) is 0. The van der Waals surface area contributed by atoms with E-state index < -0.39 is 15.5 Å². The molecule has 0 bridgehead atoms. The van der Waals surface area contributed by atoms with E-state index in [0.29, 0.717) is 12.8 Å². The number of alkyl halides is 3. The predicted octanol–water partition coefficient (Wildman–Crippen LogP) is 2.33. The van der Waals surface area contributed by atoms with Crippen LogP contribution >= 0.6 is 11.8 Å². The van der Waals surface area contributed by atoms with Crippen molar-refractivity contribution in [2.45, 2.75) is 34.2 Å². The van der Waals surface area contributed by atoms with Crippen LogP contribution in [-0.4, -0.2) is 33.1 Å². The van der Waals surface area contributed by atoms with Gasteiger partial charge in [-0.1, -0.05) is 0 Å². The van der Waals surface area contributed by atoms with Crippen LogP contribution in [0.3, 0.4) is 0 Å². The van der Waals surface area contributed by atoms with Gasteiger partial charge in [0.15, 0.2) is 0 Å². The van der Waals surface area contributed by atoms with E-state index in [-0.39, 0.29) is 27.6 Å². The van der Waals surface area contributed by atoms with E-state index in [2.05, 4.69) is 10.0 Å². The Labute approximate surface area is 125 Å². The summed E-state index contributed by atoms with van der Waals surface area (Å²) in [6.45, 7) is 1.49. The Bertz CT molecular complexity index is 567. The van der Waals surface area contributed by atoms with Crippen LogP contribution in [0.15, 0.2) is 34.1 Å². The van der Waals surface area contributed by atoms with E-state index in [4.69, 9.17) is 0 Å². The van der Waals surface area contributed by atoms with Crippen molar-refractivity contribution >= 4 is 21.8 Å². The lowest BCUT2D eigenvalue weighted by molar-refractivity contribution is -0.0328. The molecule has 9 heteroatoms. The van der Waals surface area contributed by atoms with Gasteiger partial charge in [-0.3, -0.25) is 0 Å². The molecule has 0 unspecified atom stereocenters. The lowest BCUT2D eigenvalue weighted by Gasteiger charge is -2.23. The summed E-state index contributed by atoms with van der Waals surface area (Å²) >= 11 is -0.268. The molecule has 118 valence electrons. The van der Waals surface area contributed by atoms with Crippen LogP contribution in [0.2, 0.25) is 0 Å². The second-order valence-corrected chi connectivity index (χ2v) is 7.52. The van der Waals surface area contributed by atoms with Gasteiger partial charge in [0.1, 0.15) is 0 Å². The topological polar surface area (TPSA) is 58.2 Å². The van der Waals surface area contributed by atoms with Crippen molar-refractivity contribution in [3.05, 3.63) is 24.3 Å². The highest BCUT2D eigenvalue weighted by Crippen LogP contribution is 2.36. The summed E-state index contributed by atoms with van der Waals surface area (Å²) in [7, 11) is -3.69. The molecule has 0 radical (unpaired) electrons. The Morgan fingerprint density at radius 2 is 1.71 bits per heavy atom. The van der Waals surface area contributed by atoms with Crippen LogP contribution in [0.25, 0.3) is 0 Å². The standard InChI is InChI=1S/C12H15F3N2O2S2/c13-12(14,15)20-10-1-3-11(4-2-10)21(18,19)17-9-5-7-16-8-6-9/h1-4,9,16-17H,5-8H2. The fourth-order valence-electron chi connectivity index (χ4n) is 2.05. The van der Waals surface area contributed by atoms with Gasteiger partial charge in [0.05, 0.1) is 4.90 Å². The summed E-state index contributed by atoms with van der Waals surface area (Å²) in [5, 5.41) is 3.13. The molecule has 1 aliphatic rings. The van der Waals surface area contributed by atoms with Crippen molar-refractivity contribution in [3.63, 3.8) is 0 Å². The van der Waals surface area contributed by atoms with Gasteiger partial charge in [0, 0.05) is 10.9 Å². The molecule has 4 nitrogen and oxygen atoms in total. The molecule has 2 rings (SSSR count). The van der Waals surface area contributed by atoms with Crippen molar-refractivity contribution in [2.75, 3.05) is 13.1 Å². The smallest absolute Gasteiger partial charge is 0.317 e. The lowest BCUT2D eigenvalue weighted by Crippen LogP contribution is -2.42. The number of hydrogen-bond donors (Lipinski definition) is 2. The molecule has 0 saturated carbocycles. The second-order valence-electron chi connectivity index (χ2n) is 4.66. The maximum atomic E-state index is 12.2. The minimum Gasteiger partial charge on any atom is -0.317 e. The number of nitrogens with one attached hydrogen (secondary N) is 2. The molecular weight excluding hydrogens is 325 g/mol. The van der Waals surface area contributed by atoms with Gasteiger partial charge in [-0.2, -0.15) is 13.2 Å². The maximum Gasteiger partial charge on any atom is 0.446 e. The van der Waals surface area contributed by atoms with Crippen molar-refractivity contribution in [2.24, 2.45) is 0 Å². The van der Waals surface area contributed by atoms with Crippen LogP contribution < -0.4 is 10.0 Å². The van der Waals surface area contributed by atoms with Crippen LogP contribution in [0, 0.1) is 0 Å². The quantitative estimate of drug-likeness (QED) is 0.826. The Morgan fingerprint density at radius 1 is 1.14 bits per heavy atom. The minimum atomic E-state index is -4.38. The highest BCUT2D eigenvalue weighted by Gasteiger charge is 2.29. The van der Waals surface area contributed by atoms with E-state index in [9.17, 15) is 21.6 Å². The Kier molecular flexibility index (Phi) is 5.18. The van der Waals surface area contributed by atoms with Gasteiger partial charge in [-0.05, 0) is 62.0 Å². The minimum absolute atomic E-state index is 0.0208. The van der Waals surface area contributed by atoms with Gasteiger partial charge in [-0.25, -0.2) is 13.1 Å². The molecule has 1 aromatic rings. The van der Waals surface area contributed by atoms with Gasteiger partial charge in [0.25, 0.3) is 0 Å². The van der Waals surface area contributed by atoms with Crippen LogP contribution in [0.4, 0.5) is 13.2 Å². The Balaban J connectivity index is 2.06. The molecular formula is C12H15F3N2O2S2. The zero-order valence-corrected chi connectivity index (χ0v) is 12.6. The SMILES string of the molecule is O=S(=O)(NC1CCNCC1)c1ccc(SC(F)(F)F)cc1. The van der Waals surface area contributed by atoms with Crippen molar-refractivity contribution < 1.29 is 21.6 Å². The Morgan fingerprint density at radius 3 is 2.24 bits per heavy atom. The number of halogens is 3. The first-order valence-corrected chi connectivity index (χ1v) is 8.65. The molecule has 1 aromatic carbocycles. The average Bonchev–Trinajstić information content (AvgIpc) is 2.38. The van der Waals surface area contributed by atoms with Crippen LogP contribution in [0.5, 0.6) is 0 Å². The fourth-order valence-corrected chi connectivity index (χ4v) is 3.89. The third kappa shape index (κ3) is 5.17. The van der Waals surface area contributed by atoms with Gasteiger partial charge in [0.2, 0.25) is 10.0 Å². The number of benzene rings is 1. The molecule has 0 atom stereocenters. The van der Waals surface area contributed by atoms with Crippen molar-refractivity contribution in [1.82, 2.24) is 10.0 Å².